The summed E-state index contributed by atoms with van der Waals surface area (Å²) in [6.07, 6.45) is 3.25. The van der Waals surface area contributed by atoms with Crippen molar-refractivity contribution < 1.29 is 0 Å². The van der Waals surface area contributed by atoms with Crippen LogP contribution in [0, 0.1) is 13.8 Å². The van der Waals surface area contributed by atoms with E-state index in [0.29, 0.717) is 10.0 Å². The summed E-state index contributed by atoms with van der Waals surface area (Å²) in [4.78, 5) is 0. The Morgan fingerprint density at radius 3 is 2.77 bits per heavy atom. The van der Waals surface area contributed by atoms with E-state index >= 15 is 0 Å². The van der Waals surface area contributed by atoms with E-state index in [1.54, 1.807) is 0 Å². The molecule has 26 heavy (non-hydrogen) atoms. The van der Waals surface area contributed by atoms with Gasteiger partial charge in [-0.25, -0.2) is 4.68 Å². The Labute approximate surface area is 163 Å². The van der Waals surface area contributed by atoms with Gasteiger partial charge in [-0.2, -0.15) is 5.10 Å². The molecular weight excluding hydrogens is 365 g/mol. The van der Waals surface area contributed by atoms with E-state index in [2.05, 4.69) is 37.4 Å². The molecule has 0 radical (unpaired) electrons. The third-order valence-electron chi connectivity index (χ3n) is 4.93. The lowest BCUT2D eigenvalue weighted by atomic mass is 10.0. The number of fused-ring (bicyclic) bond motifs is 1. The third-order valence-corrected chi connectivity index (χ3v) is 5.75. The Kier molecular flexibility index (Phi) is 4.68. The molecule has 0 bridgehead atoms. The lowest BCUT2D eigenvalue weighted by Crippen LogP contribution is -2.08. The smallest absolute Gasteiger partial charge is 0.133 e. The van der Waals surface area contributed by atoms with Crippen molar-refractivity contribution in [1.29, 1.82) is 0 Å². The van der Waals surface area contributed by atoms with E-state index in [1.807, 2.05) is 22.9 Å². The van der Waals surface area contributed by atoms with Gasteiger partial charge in [-0.3, -0.25) is 0 Å². The maximum Gasteiger partial charge on any atom is 0.133 e. The molecule has 0 saturated heterocycles. The minimum atomic E-state index is 0.556. The highest BCUT2D eigenvalue weighted by molar-refractivity contribution is 6.43. The van der Waals surface area contributed by atoms with Crippen molar-refractivity contribution in [3.8, 4) is 16.9 Å². The average Bonchev–Trinajstić information content (AvgIpc) is 2.81. The number of anilines is 1. The van der Waals surface area contributed by atoms with Crippen molar-refractivity contribution >= 4 is 29.0 Å². The number of aromatic nitrogens is 2. The molecule has 5 heteroatoms. The zero-order valence-electron chi connectivity index (χ0n) is 14.9. The lowest BCUT2D eigenvalue weighted by Gasteiger charge is -2.12. The standard InChI is InChI=1S/C21H21Cl2N3/c1-13-9-10-14(2)18(12-13)26-21-16(6-3-4-11-24-21)20(25-26)15-7-5-8-17(22)19(15)23/h5,7-10,12,24H,3-4,6,11H2,1-2H3. The lowest BCUT2D eigenvalue weighted by molar-refractivity contribution is 0.779. The van der Waals surface area contributed by atoms with Crippen molar-refractivity contribution in [2.24, 2.45) is 0 Å². The van der Waals surface area contributed by atoms with E-state index in [0.717, 1.165) is 48.6 Å². The van der Waals surface area contributed by atoms with Crippen molar-refractivity contribution in [3.05, 3.63) is 63.1 Å². The molecule has 0 aliphatic carbocycles. The largest absolute Gasteiger partial charge is 0.370 e. The molecule has 1 aromatic heterocycles. The van der Waals surface area contributed by atoms with Gasteiger partial charge in [0.15, 0.2) is 0 Å². The zero-order valence-corrected chi connectivity index (χ0v) is 16.5. The number of nitrogens with one attached hydrogen (secondary N) is 1. The first-order chi connectivity index (χ1) is 12.6. The van der Waals surface area contributed by atoms with Crippen LogP contribution in [0.5, 0.6) is 0 Å². The Balaban J connectivity index is 1.98. The second-order valence-electron chi connectivity index (χ2n) is 6.86. The molecule has 2 aromatic carbocycles. The van der Waals surface area contributed by atoms with Crippen LogP contribution in [0.3, 0.4) is 0 Å². The van der Waals surface area contributed by atoms with Crippen LogP contribution in [0.15, 0.2) is 36.4 Å². The van der Waals surface area contributed by atoms with Gasteiger partial charge in [-0.15, -0.1) is 0 Å². The number of rotatable bonds is 2. The van der Waals surface area contributed by atoms with E-state index in [9.17, 15) is 0 Å². The highest BCUT2D eigenvalue weighted by Crippen LogP contribution is 2.39. The van der Waals surface area contributed by atoms with Crippen molar-refractivity contribution in [1.82, 2.24) is 9.78 Å². The van der Waals surface area contributed by atoms with Gasteiger partial charge in [0.2, 0.25) is 0 Å². The zero-order chi connectivity index (χ0) is 18.3. The van der Waals surface area contributed by atoms with Crippen molar-refractivity contribution in [2.75, 3.05) is 11.9 Å². The number of halogens is 2. The van der Waals surface area contributed by atoms with Gasteiger partial charge in [0.05, 0.1) is 21.4 Å². The van der Waals surface area contributed by atoms with Crippen LogP contribution in [0.4, 0.5) is 5.82 Å². The van der Waals surface area contributed by atoms with Gasteiger partial charge < -0.3 is 5.32 Å². The molecule has 4 rings (SSSR count). The molecule has 2 heterocycles. The molecule has 0 amide bonds. The number of benzene rings is 2. The number of hydrogen-bond acceptors (Lipinski definition) is 2. The molecular formula is C21H21Cl2N3. The summed E-state index contributed by atoms with van der Waals surface area (Å²) in [6, 6.07) is 12.2. The fourth-order valence-electron chi connectivity index (χ4n) is 3.53. The first kappa shape index (κ1) is 17.4. The summed E-state index contributed by atoms with van der Waals surface area (Å²) in [5.41, 5.74) is 6.53. The van der Waals surface area contributed by atoms with Crippen LogP contribution in [0.1, 0.15) is 29.5 Å². The van der Waals surface area contributed by atoms with Crippen LogP contribution in [0.25, 0.3) is 16.9 Å². The molecule has 0 atom stereocenters. The minimum Gasteiger partial charge on any atom is -0.370 e. The van der Waals surface area contributed by atoms with Gasteiger partial charge in [0.1, 0.15) is 5.82 Å². The summed E-state index contributed by atoms with van der Waals surface area (Å²) >= 11 is 12.8. The molecule has 3 aromatic rings. The molecule has 0 fully saturated rings. The van der Waals surface area contributed by atoms with E-state index in [1.165, 1.54) is 16.7 Å². The minimum absolute atomic E-state index is 0.556. The van der Waals surface area contributed by atoms with Crippen molar-refractivity contribution in [2.45, 2.75) is 33.1 Å². The maximum atomic E-state index is 6.52. The number of nitrogens with zero attached hydrogens (tertiary/aromatic N) is 2. The number of hydrogen-bond donors (Lipinski definition) is 1. The Morgan fingerprint density at radius 2 is 1.92 bits per heavy atom. The van der Waals surface area contributed by atoms with E-state index in [-0.39, 0.29) is 0 Å². The normalized spacial score (nSPS) is 13.8. The van der Waals surface area contributed by atoms with Crippen LogP contribution in [-0.4, -0.2) is 16.3 Å². The molecule has 0 saturated carbocycles. The first-order valence-electron chi connectivity index (χ1n) is 8.94. The summed E-state index contributed by atoms with van der Waals surface area (Å²) in [7, 11) is 0. The predicted octanol–water partition coefficient (Wildman–Crippen LogP) is 6.21. The summed E-state index contributed by atoms with van der Waals surface area (Å²) in [5.74, 6) is 1.07. The molecule has 3 nitrogen and oxygen atoms in total. The van der Waals surface area contributed by atoms with E-state index < -0.39 is 0 Å². The molecule has 1 aliphatic rings. The molecule has 1 N–H and O–H groups in total. The van der Waals surface area contributed by atoms with Crippen LogP contribution in [-0.2, 0) is 6.42 Å². The fourth-order valence-corrected chi connectivity index (χ4v) is 3.92. The fraction of sp³-hybridized carbons (Fsp3) is 0.286. The monoisotopic (exact) mass is 385 g/mol. The summed E-state index contributed by atoms with van der Waals surface area (Å²) in [6.45, 7) is 5.17. The summed E-state index contributed by atoms with van der Waals surface area (Å²) in [5, 5.41) is 9.69. The second-order valence-corrected chi connectivity index (χ2v) is 7.65. The second kappa shape index (κ2) is 6.98. The van der Waals surface area contributed by atoms with Gasteiger partial charge in [0.25, 0.3) is 0 Å². The topological polar surface area (TPSA) is 29.9 Å². The quantitative estimate of drug-likeness (QED) is 0.567. The molecule has 1 aliphatic heterocycles. The Hall–Kier alpha value is -1.97. The summed E-state index contributed by atoms with van der Waals surface area (Å²) < 4.78 is 2.04. The van der Waals surface area contributed by atoms with Crippen LogP contribution in [0.2, 0.25) is 10.0 Å². The van der Waals surface area contributed by atoms with Gasteiger partial charge >= 0.3 is 0 Å². The molecule has 0 unspecified atom stereocenters. The average molecular weight is 386 g/mol. The Morgan fingerprint density at radius 1 is 1.08 bits per heavy atom. The van der Waals surface area contributed by atoms with Crippen LogP contribution >= 0.6 is 23.2 Å². The van der Waals surface area contributed by atoms with E-state index in [4.69, 9.17) is 28.3 Å². The third kappa shape index (κ3) is 3.00. The van der Waals surface area contributed by atoms with Crippen molar-refractivity contribution in [3.63, 3.8) is 0 Å². The highest BCUT2D eigenvalue weighted by Gasteiger charge is 2.24. The predicted molar refractivity (Wildman–Crippen MR) is 110 cm³/mol. The number of aryl methyl sites for hydroxylation is 2. The van der Waals surface area contributed by atoms with Gasteiger partial charge in [-0.05, 0) is 56.4 Å². The maximum absolute atomic E-state index is 6.52. The molecule has 134 valence electrons. The highest BCUT2D eigenvalue weighted by atomic mass is 35.5. The Bertz CT molecular complexity index is 949. The molecule has 0 spiro atoms. The van der Waals surface area contributed by atoms with Gasteiger partial charge in [-0.1, -0.05) is 47.5 Å². The van der Waals surface area contributed by atoms with Crippen LogP contribution < -0.4 is 5.32 Å². The van der Waals surface area contributed by atoms with Gasteiger partial charge in [0, 0.05) is 17.7 Å². The first-order valence-corrected chi connectivity index (χ1v) is 9.69. The SMILES string of the molecule is Cc1ccc(C)c(-n2nc(-c3cccc(Cl)c3Cl)c3c2NCCCC3)c1.